The molecule has 0 aromatic rings. The summed E-state index contributed by atoms with van der Waals surface area (Å²) >= 11 is 3.76. The summed E-state index contributed by atoms with van der Waals surface area (Å²) in [5.41, 5.74) is 0. The van der Waals surface area contributed by atoms with E-state index in [4.69, 9.17) is 0 Å². The van der Waals surface area contributed by atoms with Gasteiger partial charge in [-0.3, -0.25) is 4.99 Å². The first kappa shape index (κ1) is 12.2. The summed E-state index contributed by atoms with van der Waals surface area (Å²) in [7, 11) is 0. The fourth-order valence-corrected chi connectivity index (χ4v) is 3.11. The third kappa shape index (κ3) is 4.60. The van der Waals surface area contributed by atoms with Crippen molar-refractivity contribution in [2.75, 3.05) is 24.3 Å². The van der Waals surface area contributed by atoms with E-state index in [1.165, 1.54) is 17.9 Å². The zero-order chi connectivity index (χ0) is 10.4. The van der Waals surface area contributed by atoms with Crippen molar-refractivity contribution in [2.45, 2.75) is 26.3 Å². The van der Waals surface area contributed by atoms with Crippen molar-refractivity contribution in [3.8, 4) is 0 Å². The molecule has 4 heteroatoms. The van der Waals surface area contributed by atoms with Crippen LogP contribution in [0.2, 0.25) is 0 Å². The number of thioether (sulfide) groups is 2. The molecule has 1 heterocycles. The average Bonchev–Trinajstić information content (AvgIpc) is 2.15. The van der Waals surface area contributed by atoms with Crippen molar-refractivity contribution in [3.05, 3.63) is 0 Å². The van der Waals surface area contributed by atoms with Gasteiger partial charge in [0.1, 0.15) is 0 Å². The molecule has 0 aliphatic carbocycles. The highest BCUT2D eigenvalue weighted by atomic mass is 32.2. The molecule has 0 spiro atoms. The van der Waals surface area contributed by atoms with Crippen LogP contribution in [0.15, 0.2) is 4.99 Å². The molecule has 1 N–H and O–H groups in total. The number of aliphatic imine (C=N–C) groups is 1. The minimum absolute atomic E-state index is 0.603. The van der Waals surface area contributed by atoms with Gasteiger partial charge in [-0.25, -0.2) is 0 Å². The van der Waals surface area contributed by atoms with Gasteiger partial charge < -0.3 is 5.32 Å². The maximum absolute atomic E-state index is 4.61. The highest BCUT2D eigenvalue weighted by Gasteiger charge is 2.12. The minimum atomic E-state index is 0.603. The summed E-state index contributed by atoms with van der Waals surface area (Å²) in [4.78, 5) is 4.61. The third-order valence-corrected chi connectivity index (χ3v) is 4.02. The molecule has 0 amide bonds. The predicted octanol–water partition coefficient (Wildman–Crippen LogP) is 2.46. The van der Waals surface area contributed by atoms with Crippen LogP contribution in [0, 0.1) is 5.92 Å². The molecule has 1 rings (SSSR count). The van der Waals surface area contributed by atoms with Gasteiger partial charge in [0, 0.05) is 18.3 Å². The molecule has 2 nitrogen and oxygen atoms in total. The summed E-state index contributed by atoms with van der Waals surface area (Å²) in [6.07, 6.45) is 3.41. The quantitative estimate of drug-likeness (QED) is 0.806. The molecule has 1 fully saturated rings. The van der Waals surface area contributed by atoms with Gasteiger partial charge in [0.25, 0.3) is 0 Å². The number of amidine groups is 1. The molecule has 14 heavy (non-hydrogen) atoms. The van der Waals surface area contributed by atoms with E-state index in [0.717, 1.165) is 11.7 Å². The molecule has 0 radical (unpaired) electrons. The zero-order valence-electron chi connectivity index (χ0n) is 9.25. The average molecular weight is 232 g/mol. The number of nitrogens with one attached hydrogen (secondary N) is 1. The standard InChI is InChI=1S/C10H20N2S2/c1-8(7-13-3)6-11-10-12-9(2)4-5-14-10/h8-9H,4-7H2,1-3H3,(H,11,12). The van der Waals surface area contributed by atoms with Crippen LogP contribution in [0.5, 0.6) is 0 Å². The third-order valence-electron chi connectivity index (χ3n) is 2.16. The lowest BCUT2D eigenvalue weighted by atomic mass is 10.2. The van der Waals surface area contributed by atoms with Gasteiger partial charge in [-0.1, -0.05) is 18.7 Å². The number of rotatable bonds is 4. The topological polar surface area (TPSA) is 24.4 Å². The molecule has 1 saturated heterocycles. The Morgan fingerprint density at radius 2 is 2.50 bits per heavy atom. The van der Waals surface area contributed by atoms with Gasteiger partial charge in [-0.2, -0.15) is 11.8 Å². The lowest BCUT2D eigenvalue weighted by Crippen LogP contribution is -2.35. The van der Waals surface area contributed by atoms with Crippen molar-refractivity contribution in [1.82, 2.24) is 5.32 Å². The monoisotopic (exact) mass is 232 g/mol. The maximum Gasteiger partial charge on any atom is 0.156 e. The second-order valence-electron chi connectivity index (χ2n) is 3.89. The molecule has 0 aromatic heterocycles. The van der Waals surface area contributed by atoms with Crippen molar-refractivity contribution < 1.29 is 0 Å². The highest BCUT2D eigenvalue weighted by molar-refractivity contribution is 8.13. The maximum atomic E-state index is 4.61. The fraction of sp³-hybridized carbons (Fsp3) is 0.900. The van der Waals surface area contributed by atoms with E-state index in [1.54, 1.807) is 0 Å². The number of nitrogens with zero attached hydrogens (tertiary/aromatic N) is 1. The summed E-state index contributed by atoms with van der Waals surface area (Å²) in [6.45, 7) is 5.45. The van der Waals surface area contributed by atoms with Crippen molar-refractivity contribution in [3.63, 3.8) is 0 Å². The van der Waals surface area contributed by atoms with Gasteiger partial charge in [0.2, 0.25) is 0 Å². The van der Waals surface area contributed by atoms with Crippen molar-refractivity contribution in [2.24, 2.45) is 10.9 Å². The molecule has 0 aromatic carbocycles. The second-order valence-corrected chi connectivity index (χ2v) is 5.88. The van der Waals surface area contributed by atoms with Crippen LogP contribution in [0.4, 0.5) is 0 Å². The Hall–Kier alpha value is 0.170. The lowest BCUT2D eigenvalue weighted by molar-refractivity contribution is 0.632. The number of hydrogen-bond donors (Lipinski definition) is 1. The molecule has 0 bridgehead atoms. The largest absolute Gasteiger partial charge is 0.362 e. The summed E-state index contributed by atoms with van der Waals surface area (Å²) in [5.74, 6) is 3.11. The van der Waals surface area contributed by atoms with E-state index >= 15 is 0 Å². The van der Waals surface area contributed by atoms with Crippen LogP contribution < -0.4 is 5.32 Å². The highest BCUT2D eigenvalue weighted by Crippen LogP contribution is 2.14. The van der Waals surface area contributed by atoms with Gasteiger partial charge in [0.15, 0.2) is 5.17 Å². The smallest absolute Gasteiger partial charge is 0.156 e. The first-order valence-corrected chi connectivity index (χ1v) is 7.53. The Labute approximate surface area is 95.7 Å². The van der Waals surface area contributed by atoms with Crippen LogP contribution in [0.25, 0.3) is 0 Å². The van der Waals surface area contributed by atoms with Crippen molar-refractivity contribution in [1.29, 1.82) is 0 Å². The summed E-state index contributed by atoms with van der Waals surface area (Å²) in [6, 6.07) is 0.603. The molecule has 2 unspecified atom stereocenters. The minimum Gasteiger partial charge on any atom is -0.362 e. The van der Waals surface area contributed by atoms with E-state index in [0.29, 0.717) is 12.0 Å². The zero-order valence-corrected chi connectivity index (χ0v) is 10.9. The molecule has 0 saturated carbocycles. The van der Waals surface area contributed by atoms with Crippen LogP contribution in [-0.2, 0) is 0 Å². The Balaban J connectivity index is 2.28. The van der Waals surface area contributed by atoms with E-state index in [2.05, 4.69) is 30.4 Å². The van der Waals surface area contributed by atoms with E-state index in [-0.39, 0.29) is 0 Å². The Morgan fingerprint density at radius 1 is 1.71 bits per heavy atom. The van der Waals surface area contributed by atoms with Crippen LogP contribution in [0.1, 0.15) is 20.3 Å². The van der Waals surface area contributed by atoms with Crippen LogP contribution in [-0.4, -0.2) is 35.5 Å². The molecule has 1 aliphatic heterocycles. The molecule has 82 valence electrons. The first-order valence-electron chi connectivity index (χ1n) is 5.15. The molecule has 1 aliphatic rings. The Kier molecular flexibility index (Phi) is 5.78. The first-order chi connectivity index (χ1) is 6.72. The predicted molar refractivity (Wildman–Crippen MR) is 69.5 cm³/mol. The number of hydrogen-bond acceptors (Lipinski definition) is 3. The van der Waals surface area contributed by atoms with E-state index < -0.39 is 0 Å². The van der Waals surface area contributed by atoms with Crippen LogP contribution >= 0.6 is 23.5 Å². The molecular formula is C10H20N2S2. The van der Waals surface area contributed by atoms with E-state index in [1.807, 2.05) is 23.5 Å². The lowest BCUT2D eigenvalue weighted by Gasteiger charge is -2.22. The normalized spacial score (nSPS) is 27.4. The summed E-state index contributed by atoms with van der Waals surface area (Å²) < 4.78 is 0. The fourth-order valence-electron chi connectivity index (χ4n) is 1.32. The van der Waals surface area contributed by atoms with Crippen LogP contribution in [0.3, 0.4) is 0 Å². The SMILES string of the molecule is CSCC(C)CN=C1NC(C)CCS1. The van der Waals surface area contributed by atoms with Gasteiger partial charge in [-0.05, 0) is 31.3 Å². The molecule has 2 atom stereocenters. The molecular weight excluding hydrogens is 212 g/mol. The summed E-state index contributed by atoms with van der Waals surface area (Å²) in [5, 5.41) is 4.57. The van der Waals surface area contributed by atoms with Gasteiger partial charge in [-0.15, -0.1) is 0 Å². The van der Waals surface area contributed by atoms with Gasteiger partial charge in [0.05, 0.1) is 0 Å². The Bertz CT molecular complexity index is 195. The van der Waals surface area contributed by atoms with E-state index in [9.17, 15) is 0 Å². The van der Waals surface area contributed by atoms with Crippen molar-refractivity contribution >= 4 is 28.7 Å². The second kappa shape index (κ2) is 6.62. The van der Waals surface area contributed by atoms with Gasteiger partial charge >= 0.3 is 0 Å². The Morgan fingerprint density at radius 3 is 3.14 bits per heavy atom.